The number of nitrogens with one attached hydrogen (secondary N) is 1. The molecule has 1 aromatic carbocycles. The lowest BCUT2D eigenvalue weighted by Gasteiger charge is -2.30. The van der Waals surface area contributed by atoms with Crippen LogP contribution in [0.5, 0.6) is 5.75 Å². The Hall–Kier alpha value is -1.75. The standard InChI is InChI=1S/C18H26N2O4S/c1-6-7-19-15-12-14(18(2,3)4)17(13-16(15)23-5)25(21,22)20-8-10-24-11-9-20/h1,12-13,19H,7-11H2,2-5H3. The van der Waals surface area contributed by atoms with E-state index >= 15 is 0 Å². The van der Waals surface area contributed by atoms with E-state index in [9.17, 15) is 8.42 Å². The first-order valence-corrected chi connectivity index (χ1v) is 9.63. The zero-order valence-electron chi connectivity index (χ0n) is 15.3. The van der Waals surface area contributed by atoms with Crippen LogP contribution in [0, 0.1) is 12.3 Å². The summed E-state index contributed by atoms with van der Waals surface area (Å²) >= 11 is 0. The molecule has 138 valence electrons. The summed E-state index contributed by atoms with van der Waals surface area (Å²) in [5.41, 5.74) is 1.04. The highest BCUT2D eigenvalue weighted by Crippen LogP contribution is 2.38. The number of ether oxygens (including phenoxy) is 2. The van der Waals surface area contributed by atoms with Gasteiger partial charge >= 0.3 is 0 Å². The van der Waals surface area contributed by atoms with Crippen LogP contribution in [0.4, 0.5) is 5.69 Å². The molecule has 0 saturated carbocycles. The molecule has 0 aliphatic carbocycles. The summed E-state index contributed by atoms with van der Waals surface area (Å²) in [6.45, 7) is 7.80. The van der Waals surface area contributed by atoms with E-state index in [1.165, 1.54) is 11.4 Å². The van der Waals surface area contributed by atoms with Crippen molar-refractivity contribution in [2.45, 2.75) is 31.1 Å². The Balaban J connectivity index is 2.60. The van der Waals surface area contributed by atoms with Gasteiger partial charge in [0.15, 0.2) is 0 Å². The van der Waals surface area contributed by atoms with Gasteiger partial charge in [0.25, 0.3) is 0 Å². The van der Waals surface area contributed by atoms with E-state index < -0.39 is 10.0 Å². The van der Waals surface area contributed by atoms with Gasteiger partial charge < -0.3 is 14.8 Å². The van der Waals surface area contributed by atoms with Crippen molar-refractivity contribution in [3.8, 4) is 18.1 Å². The Morgan fingerprint density at radius 3 is 2.48 bits per heavy atom. The summed E-state index contributed by atoms with van der Waals surface area (Å²) in [5, 5.41) is 3.10. The number of nitrogens with zero attached hydrogens (tertiary/aromatic N) is 1. The molecule has 1 N–H and O–H groups in total. The molecule has 0 amide bonds. The van der Waals surface area contributed by atoms with Crippen LogP contribution in [0.3, 0.4) is 0 Å². The Morgan fingerprint density at radius 2 is 1.96 bits per heavy atom. The van der Waals surface area contributed by atoms with E-state index in [1.807, 2.05) is 26.8 Å². The number of anilines is 1. The number of hydrogen-bond donors (Lipinski definition) is 1. The first-order chi connectivity index (χ1) is 11.7. The molecule has 2 rings (SSSR count). The minimum Gasteiger partial charge on any atom is -0.495 e. The average molecular weight is 366 g/mol. The van der Waals surface area contributed by atoms with Crippen molar-refractivity contribution >= 4 is 15.7 Å². The highest BCUT2D eigenvalue weighted by atomic mass is 32.2. The second-order valence-corrected chi connectivity index (χ2v) is 8.78. The molecule has 7 heteroatoms. The third kappa shape index (κ3) is 4.27. The lowest BCUT2D eigenvalue weighted by Crippen LogP contribution is -2.41. The largest absolute Gasteiger partial charge is 0.495 e. The smallest absolute Gasteiger partial charge is 0.243 e. The normalized spacial score (nSPS) is 16.3. The minimum atomic E-state index is -3.64. The molecule has 0 aromatic heterocycles. The Kier molecular flexibility index (Phi) is 5.99. The van der Waals surface area contributed by atoms with Gasteiger partial charge in [-0.2, -0.15) is 4.31 Å². The van der Waals surface area contributed by atoms with Crippen LogP contribution in [0.15, 0.2) is 17.0 Å². The van der Waals surface area contributed by atoms with Gasteiger partial charge in [-0.1, -0.05) is 26.7 Å². The summed E-state index contributed by atoms with van der Waals surface area (Å²) in [5.74, 6) is 2.97. The van der Waals surface area contributed by atoms with Crippen molar-refractivity contribution < 1.29 is 17.9 Å². The van der Waals surface area contributed by atoms with Crippen LogP contribution in [0.2, 0.25) is 0 Å². The fraction of sp³-hybridized carbons (Fsp3) is 0.556. The highest BCUT2D eigenvalue weighted by Gasteiger charge is 2.33. The first-order valence-electron chi connectivity index (χ1n) is 8.19. The molecule has 1 heterocycles. The predicted molar refractivity (Wildman–Crippen MR) is 98.6 cm³/mol. The van der Waals surface area contributed by atoms with Crippen LogP contribution in [-0.2, 0) is 20.2 Å². The summed E-state index contributed by atoms with van der Waals surface area (Å²) in [6, 6.07) is 3.41. The van der Waals surface area contributed by atoms with Crippen LogP contribution in [0.1, 0.15) is 26.3 Å². The molecule has 25 heavy (non-hydrogen) atoms. The third-order valence-corrected chi connectivity index (χ3v) is 6.02. The van der Waals surface area contributed by atoms with Crippen molar-refractivity contribution in [1.82, 2.24) is 4.31 Å². The molecule has 0 unspecified atom stereocenters. The maximum Gasteiger partial charge on any atom is 0.243 e. The highest BCUT2D eigenvalue weighted by molar-refractivity contribution is 7.89. The number of hydrogen-bond acceptors (Lipinski definition) is 5. The maximum absolute atomic E-state index is 13.2. The summed E-state index contributed by atoms with van der Waals surface area (Å²) in [7, 11) is -2.13. The summed E-state index contributed by atoms with van der Waals surface area (Å²) < 4.78 is 38.6. The molecular weight excluding hydrogens is 340 g/mol. The van der Waals surface area contributed by atoms with Crippen molar-refractivity contribution in [1.29, 1.82) is 0 Å². The fourth-order valence-corrected chi connectivity index (χ4v) is 4.55. The number of terminal acetylenes is 1. The van der Waals surface area contributed by atoms with Crippen molar-refractivity contribution in [3.05, 3.63) is 17.7 Å². The van der Waals surface area contributed by atoms with E-state index in [4.69, 9.17) is 15.9 Å². The second-order valence-electron chi connectivity index (χ2n) is 6.87. The molecule has 1 aliphatic rings. The third-order valence-electron chi connectivity index (χ3n) is 4.08. The first kappa shape index (κ1) is 19.6. The van der Waals surface area contributed by atoms with Gasteiger partial charge in [0, 0.05) is 19.2 Å². The van der Waals surface area contributed by atoms with Crippen LogP contribution >= 0.6 is 0 Å². The second kappa shape index (κ2) is 7.65. The van der Waals surface area contributed by atoms with Gasteiger partial charge in [0.05, 0.1) is 37.5 Å². The molecule has 0 atom stereocenters. The Labute approximate surface area is 150 Å². The average Bonchev–Trinajstić information content (AvgIpc) is 2.59. The number of sulfonamides is 1. The van der Waals surface area contributed by atoms with Crippen LogP contribution in [0.25, 0.3) is 0 Å². The van der Waals surface area contributed by atoms with E-state index in [1.54, 1.807) is 6.07 Å². The fourth-order valence-electron chi connectivity index (χ4n) is 2.74. The van der Waals surface area contributed by atoms with E-state index in [0.29, 0.717) is 44.3 Å². The summed E-state index contributed by atoms with van der Waals surface area (Å²) in [6.07, 6.45) is 5.32. The van der Waals surface area contributed by atoms with Gasteiger partial charge in [-0.25, -0.2) is 8.42 Å². The minimum absolute atomic E-state index is 0.269. The molecule has 0 radical (unpaired) electrons. The SMILES string of the molecule is C#CCNc1cc(C(C)(C)C)c(S(=O)(=O)N2CCOCC2)cc1OC. The van der Waals surface area contributed by atoms with Crippen LogP contribution in [-0.4, -0.2) is 52.7 Å². The van der Waals surface area contributed by atoms with E-state index in [2.05, 4.69) is 11.2 Å². The maximum atomic E-state index is 13.2. The van der Waals surface area contributed by atoms with Gasteiger partial charge in [-0.05, 0) is 17.0 Å². The van der Waals surface area contributed by atoms with Crippen molar-refractivity contribution in [2.24, 2.45) is 0 Å². The van der Waals surface area contributed by atoms with E-state index in [-0.39, 0.29) is 10.3 Å². The molecule has 1 aliphatic heterocycles. The molecule has 1 saturated heterocycles. The number of morpholine rings is 1. The molecule has 0 spiro atoms. The lowest BCUT2D eigenvalue weighted by molar-refractivity contribution is 0.0730. The topological polar surface area (TPSA) is 67.9 Å². The number of benzene rings is 1. The number of rotatable bonds is 5. The van der Waals surface area contributed by atoms with Gasteiger partial charge in [-0.15, -0.1) is 6.42 Å². The molecule has 6 nitrogen and oxygen atoms in total. The Morgan fingerprint density at radius 1 is 1.32 bits per heavy atom. The lowest BCUT2D eigenvalue weighted by atomic mass is 9.86. The van der Waals surface area contributed by atoms with Gasteiger partial charge in [-0.3, -0.25) is 0 Å². The monoisotopic (exact) mass is 366 g/mol. The zero-order chi connectivity index (χ0) is 18.7. The van der Waals surface area contributed by atoms with Crippen molar-refractivity contribution in [2.75, 3.05) is 45.3 Å². The van der Waals surface area contributed by atoms with Gasteiger partial charge in [0.2, 0.25) is 10.0 Å². The summed E-state index contributed by atoms with van der Waals surface area (Å²) in [4.78, 5) is 0.269. The number of methoxy groups -OCH3 is 1. The molecule has 0 bridgehead atoms. The van der Waals surface area contributed by atoms with E-state index in [0.717, 1.165) is 5.56 Å². The van der Waals surface area contributed by atoms with Crippen LogP contribution < -0.4 is 10.1 Å². The Bertz CT molecular complexity index is 755. The zero-order valence-corrected chi connectivity index (χ0v) is 16.1. The molecular formula is C18H26N2O4S. The molecule has 1 fully saturated rings. The van der Waals surface area contributed by atoms with Crippen molar-refractivity contribution in [3.63, 3.8) is 0 Å². The quantitative estimate of drug-likeness (QED) is 0.808. The van der Waals surface area contributed by atoms with Gasteiger partial charge in [0.1, 0.15) is 5.75 Å². The molecule has 1 aromatic rings. The predicted octanol–water partition coefficient (Wildman–Crippen LogP) is 2.06.